The third-order valence-corrected chi connectivity index (χ3v) is 15.0. The van der Waals surface area contributed by atoms with Gasteiger partial charge >= 0.3 is 11.7 Å². The van der Waals surface area contributed by atoms with Crippen molar-refractivity contribution in [3.05, 3.63) is 119 Å². The number of Topliss-reactive ketones (excluding diaryl/α,β-unsaturated/α-hetero) is 1. The molecule has 7 rings (SSSR count). The van der Waals surface area contributed by atoms with Gasteiger partial charge in [0.15, 0.2) is 0 Å². The van der Waals surface area contributed by atoms with Crippen LogP contribution in [0.1, 0.15) is 108 Å². The number of piperidine rings is 1. The van der Waals surface area contributed by atoms with Crippen LogP contribution in [0.2, 0.25) is 0 Å². The number of halogens is 3. The molecule has 3 aromatic carbocycles. The maximum Gasteiger partial charge on any atom is 0.341 e. The average Bonchev–Trinajstić information content (AvgIpc) is 4.00. The van der Waals surface area contributed by atoms with Crippen LogP contribution in [-0.4, -0.2) is 87.5 Å². The highest BCUT2D eigenvalue weighted by atomic mass is 32.2. The minimum atomic E-state index is -4.69. The van der Waals surface area contributed by atoms with Gasteiger partial charge < -0.3 is 21.3 Å². The lowest BCUT2D eigenvalue weighted by Crippen LogP contribution is -2.46. The number of ketones is 1. The molecule has 1 saturated heterocycles. The highest BCUT2D eigenvalue weighted by Gasteiger charge is 2.40. The third kappa shape index (κ3) is 12.0. The number of benzene rings is 3. The number of carbonyl (C=O) groups is 4. The number of phenols is 1. The number of nitriles is 2. The molecular formula is C50H54F3N9O8S. The highest BCUT2D eigenvalue weighted by molar-refractivity contribution is 7.91. The lowest BCUT2D eigenvalue weighted by molar-refractivity contribution is -0.139. The Morgan fingerprint density at radius 2 is 1.46 bits per heavy atom. The number of methoxy groups -OCH3 is 1. The number of nitrogens with zero attached hydrogens (tertiary/aromatic N) is 7. The number of carbonyl (C=O) groups excluding carboxylic acids is 4. The van der Waals surface area contributed by atoms with E-state index in [1.165, 1.54) is 37.6 Å². The summed E-state index contributed by atoms with van der Waals surface area (Å²) in [5.41, 5.74) is 13.0. The van der Waals surface area contributed by atoms with Crippen LogP contribution >= 0.6 is 0 Å². The van der Waals surface area contributed by atoms with Crippen LogP contribution in [-0.2, 0) is 54.6 Å². The largest absolute Gasteiger partial charge is 0.507 e. The van der Waals surface area contributed by atoms with Crippen molar-refractivity contribution in [1.29, 1.82) is 10.5 Å². The van der Waals surface area contributed by atoms with Gasteiger partial charge in [0.1, 0.15) is 17.3 Å². The highest BCUT2D eigenvalue weighted by Crippen LogP contribution is 2.41. The van der Waals surface area contributed by atoms with Gasteiger partial charge in [0.25, 0.3) is 11.8 Å². The minimum absolute atomic E-state index is 0.00657. The second kappa shape index (κ2) is 22.6. The molecule has 2 amide bonds. The number of amides is 2. The van der Waals surface area contributed by atoms with E-state index in [9.17, 15) is 51.1 Å². The molecule has 2 fully saturated rings. The Morgan fingerprint density at radius 1 is 0.873 bits per heavy atom. The van der Waals surface area contributed by atoms with Gasteiger partial charge in [-0.05, 0) is 80.3 Å². The molecule has 3 heterocycles. The molecule has 5 N–H and O–H groups in total. The Labute approximate surface area is 408 Å². The maximum atomic E-state index is 15.0. The number of rotatable bonds is 17. The summed E-state index contributed by atoms with van der Waals surface area (Å²) in [7, 11) is -3.45. The second-order valence-corrected chi connectivity index (χ2v) is 19.7. The normalized spacial score (nSPS) is 17.8. The van der Waals surface area contributed by atoms with Gasteiger partial charge in [-0.1, -0.05) is 49.4 Å². The molecule has 0 radical (unpaired) electrons. The maximum absolute atomic E-state index is 15.0. The van der Waals surface area contributed by atoms with Crippen molar-refractivity contribution in [2.45, 2.75) is 106 Å². The Bertz CT molecular complexity index is 2950. The molecule has 0 atom stereocenters. The van der Waals surface area contributed by atoms with Crippen molar-refractivity contribution in [3.63, 3.8) is 0 Å². The Hall–Kier alpha value is -7.36. The van der Waals surface area contributed by atoms with E-state index in [0.717, 1.165) is 17.7 Å². The molecule has 17 nitrogen and oxygen atoms in total. The van der Waals surface area contributed by atoms with E-state index in [1.54, 1.807) is 15.6 Å². The van der Waals surface area contributed by atoms with E-state index in [2.05, 4.69) is 21.0 Å². The van der Waals surface area contributed by atoms with Crippen molar-refractivity contribution in [2.75, 3.05) is 20.2 Å². The standard InChI is InChI=1S/C27H28FN5O4.C23H26F2N4O4S/c1-37-25(35)15-23-21(26(30)36)17-33(31-23)27(7-10-29)8-11-32(12-9-27)16-19-13-24(34)20(14-22(19)28)18-5-3-2-4-6-18;1-2-23(10-7-16(8-11-23)20(30)9-12-26)29-14-18(21(27)31)19(28-29)13-15-3-5-17(6-4-15)34(32,33)22(24)25/h2-6,13-14,17,34H,7-9,11-12,15-16H2,1H3,(H2,30,36);3-6,14,16,22H,2,7-11,13H2,1H3,(H2,27,31). The number of primary amides is 2. The molecule has 374 valence electrons. The lowest BCUT2D eigenvalue weighted by atomic mass is 9.73. The number of aromatic hydroxyl groups is 1. The molecular weight excluding hydrogens is 944 g/mol. The fourth-order valence-corrected chi connectivity index (χ4v) is 10.0. The monoisotopic (exact) mass is 997 g/mol. The van der Waals surface area contributed by atoms with E-state index < -0.39 is 55.2 Å². The number of ether oxygens (including phenoxy) is 1. The summed E-state index contributed by atoms with van der Waals surface area (Å²) in [6.45, 7) is 3.35. The van der Waals surface area contributed by atoms with Crippen LogP contribution in [0.15, 0.2) is 84.0 Å². The van der Waals surface area contributed by atoms with Crippen LogP contribution in [0, 0.1) is 34.4 Å². The van der Waals surface area contributed by atoms with Crippen LogP contribution in [0.4, 0.5) is 13.2 Å². The molecule has 0 bridgehead atoms. The summed E-state index contributed by atoms with van der Waals surface area (Å²) in [6.07, 6.45) is 7.37. The lowest BCUT2D eigenvalue weighted by Gasteiger charge is -2.41. The summed E-state index contributed by atoms with van der Waals surface area (Å²) in [5, 5.41) is 38.0. The van der Waals surface area contributed by atoms with Gasteiger partial charge in [-0.2, -0.15) is 29.5 Å². The third-order valence-electron chi connectivity index (χ3n) is 13.6. The van der Waals surface area contributed by atoms with Crippen LogP contribution < -0.4 is 11.5 Å². The van der Waals surface area contributed by atoms with Crippen molar-refractivity contribution < 1.29 is 50.6 Å². The zero-order valence-corrected chi connectivity index (χ0v) is 40.0. The van der Waals surface area contributed by atoms with Crippen LogP contribution in [0.25, 0.3) is 11.1 Å². The van der Waals surface area contributed by atoms with E-state index in [4.69, 9.17) is 16.7 Å². The molecule has 21 heteroatoms. The van der Waals surface area contributed by atoms with Crippen molar-refractivity contribution in [3.8, 4) is 29.0 Å². The number of hydrogen-bond donors (Lipinski definition) is 3. The van der Waals surface area contributed by atoms with Gasteiger partial charge in [-0.25, -0.2) is 12.8 Å². The van der Waals surface area contributed by atoms with E-state index in [0.29, 0.717) is 80.4 Å². The predicted molar refractivity (Wildman–Crippen MR) is 251 cm³/mol. The van der Waals surface area contributed by atoms with Crippen LogP contribution in [0.3, 0.4) is 0 Å². The minimum Gasteiger partial charge on any atom is -0.507 e. The number of aromatic nitrogens is 4. The SMILES string of the molecule is CCC1(n2cc(C(N)=O)c(Cc3ccc(S(=O)(=O)C(F)F)cc3)n2)CCC(C(=O)CC#N)CC1.COC(=O)Cc1nn(C2(CC#N)CCN(Cc3cc(O)c(-c4ccccc4)cc3F)CC2)cc1C(N)=O. The molecule has 1 aliphatic heterocycles. The first-order valence-corrected chi connectivity index (χ1v) is 24.4. The van der Waals surface area contributed by atoms with Crippen molar-refractivity contribution in [2.24, 2.45) is 17.4 Å². The smallest absolute Gasteiger partial charge is 0.341 e. The van der Waals surface area contributed by atoms with Gasteiger partial charge in [-0.15, -0.1) is 0 Å². The number of phenolic OH excluding ortho intramolecular Hbond substituents is 1. The molecule has 1 aliphatic carbocycles. The summed E-state index contributed by atoms with van der Waals surface area (Å²) in [6, 6.07) is 21.1. The zero-order chi connectivity index (χ0) is 51.7. The zero-order valence-electron chi connectivity index (χ0n) is 39.2. The number of hydrogen-bond acceptors (Lipinski definition) is 13. The fourth-order valence-electron chi connectivity index (χ4n) is 9.30. The topological polar surface area (TPSA) is 270 Å². The molecule has 71 heavy (non-hydrogen) atoms. The van der Waals surface area contributed by atoms with Crippen LogP contribution in [0.5, 0.6) is 5.75 Å². The number of sulfone groups is 1. The van der Waals surface area contributed by atoms with Gasteiger partial charge in [-0.3, -0.25) is 33.4 Å². The summed E-state index contributed by atoms with van der Waals surface area (Å²) in [5.74, 6) is -6.06. The second-order valence-electron chi connectivity index (χ2n) is 17.8. The molecule has 1 saturated carbocycles. The Balaban J connectivity index is 0.000000233. The Morgan fingerprint density at radius 3 is 2.01 bits per heavy atom. The average molecular weight is 998 g/mol. The molecule has 0 spiro atoms. The van der Waals surface area contributed by atoms with Gasteiger partial charge in [0, 0.05) is 55.5 Å². The quantitative estimate of drug-likeness (QED) is 0.0845. The number of alkyl halides is 2. The summed E-state index contributed by atoms with van der Waals surface area (Å²) >= 11 is 0. The molecule has 2 aromatic heterocycles. The summed E-state index contributed by atoms with van der Waals surface area (Å²) in [4.78, 5) is 49.5. The summed E-state index contributed by atoms with van der Waals surface area (Å²) < 4.78 is 71.8. The predicted octanol–water partition coefficient (Wildman–Crippen LogP) is 6.46. The first kappa shape index (κ1) is 53.0. The van der Waals surface area contributed by atoms with E-state index in [1.807, 2.05) is 48.2 Å². The first-order valence-electron chi connectivity index (χ1n) is 22.8. The van der Waals surface area contributed by atoms with Crippen molar-refractivity contribution in [1.82, 2.24) is 24.5 Å². The van der Waals surface area contributed by atoms with Gasteiger partial charge in [0.2, 0.25) is 9.84 Å². The molecule has 5 aromatic rings. The van der Waals surface area contributed by atoms with E-state index >= 15 is 0 Å². The Kier molecular flexibility index (Phi) is 16.9. The molecule has 2 aliphatic rings. The first-order chi connectivity index (χ1) is 33.8. The number of nitrogens with two attached hydrogens (primary N) is 2. The molecule has 0 unspecified atom stereocenters. The van der Waals surface area contributed by atoms with E-state index in [-0.39, 0.29) is 66.5 Å². The number of likely N-dealkylation sites (tertiary alicyclic amines) is 1. The van der Waals surface area contributed by atoms with Crippen molar-refractivity contribution >= 4 is 33.4 Å². The fraction of sp³-hybridized carbons (Fsp3) is 0.400. The number of esters is 1. The van der Waals surface area contributed by atoms with Gasteiger partial charge in [0.05, 0.1) is 77.0 Å².